The summed E-state index contributed by atoms with van der Waals surface area (Å²) in [6, 6.07) is 9.54. The number of benzene rings is 1. The normalized spacial score (nSPS) is 13.5. The zero-order chi connectivity index (χ0) is 26.1. The predicted octanol–water partition coefficient (Wildman–Crippen LogP) is 4.85. The van der Waals surface area contributed by atoms with Gasteiger partial charge < -0.3 is 26.2 Å². The first-order chi connectivity index (χ1) is 17.3. The summed E-state index contributed by atoms with van der Waals surface area (Å²) in [5.74, 6) is 0.591. The third-order valence-electron chi connectivity index (χ3n) is 5.60. The van der Waals surface area contributed by atoms with Gasteiger partial charge in [0.2, 0.25) is 12.4 Å². The molecule has 0 atom stereocenters. The van der Waals surface area contributed by atoms with Gasteiger partial charge in [-0.2, -0.15) is 10.2 Å². The van der Waals surface area contributed by atoms with Crippen LogP contribution in [0.15, 0.2) is 48.6 Å². The van der Waals surface area contributed by atoms with Gasteiger partial charge in [-0.25, -0.2) is 13.8 Å². The molecule has 36 heavy (non-hydrogen) atoms. The van der Waals surface area contributed by atoms with E-state index in [2.05, 4.69) is 55.8 Å². The maximum absolute atomic E-state index is 13.4. The molecule has 0 radical (unpaired) electrons. The second kappa shape index (κ2) is 12.8. The molecule has 0 unspecified atom stereocenters. The molecule has 8 nitrogen and oxygen atoms in total. The molecule has 0 saturated carbocycles. The highest BCUT2D eigenvalue weighted by atomic mass is 32.1. The largest absolute Gasteiger partial charge is 0.405 e. The lowest BCUT2D eigenvalue weighted by molar-refractivity contribution is 0.149. The fraction of sp³-hybridized carbons (Fsp3) is 0.320. The molecule has 1 fully saturated rings. The molecule has 4 N–H and O–H groups in total. The second-order valence-electron chi connectivity index (χ2n) is 8.17. The predicted molar refractivity (Wildman–Crippen MR) is 143 cm³/mol. The van der Waals surface area contributed by atoms with Crippen LogP contribution in [0.1, 0.15) is 16.0 Å². The van der Waals surface area contributed by atoms with E-state index in [9.17, 15) is 14.0 Å². The van der Waals surface area contributed by atoms with Crippen molar-refractivity contribution in [3.8, 4) is 6.07 Å². The zero-order valence-corrected chi connectivity index (χ0v) is 21.2. The summed E-state index contributed by atoms with van der Waals surface area (Å²) in [7, 11) is 2.08. The SMILES string of the molecule is C=CN.Cc1sccc1Nc1nc(Nc2ccc(N3CCN(C)CC3)cc2CC(F)F)ncc1C#N. The van der Waals surface area contributed by atoms with Crippen LogP contribution in [0.3, 0.4) is 0 Å². The molecule has 1 aromatic carbocycles. The van der Waals surface area contributed by atoms with Gasteiger partial charge in [0.15, 0.2) is 5.82 Å². The first-order valence-corrected chi connectivity index (χ1v) is 12.2. The van der Waals surface area contributed by atoms with Crippen LogP contribution in [0.2, 0.25) is 0 Å². The Bertz CT molecular complexity index is 1200. The monoisotopic (exact) mass is 512 g/mol. The van der Waals surface area contributed by atoms with Crippen molar-refractivity contribution in [1.82, 2.24) is 14.9 Å². The molecule has 3 aromatic rings. The molecule has 3 heterocycles. The van der Waals surface area contributed by atoms with Gasteiger partial charge in [0.25, 0.3) is 0 Å². The Morgan fingerprint density at radius 1 is 1.22 bits per heavy atom. The molecular formula is C25H30F2N8S. The number of nitrogens with two attached hydrogens (primary N) is 1. The highest BCUT2D eigenvalue weighted by Crippen LogP contribution is 2.30. The number of thiophene rings is 1. The van der Waals surface area contributed by atoms with E-state index in [1.54, 1.807) is 17.4 Å². The van der Waals surface area contributed by atoms with E-state index in [0.717, 1.165) is 42.4 Å². The maximum Gasteiger partial charge on any atom is 0.242 e. The van der Waals surface area contributed by atoms with E-state index >= 15 is 0 Å². The summed E-state index contributed by atoms with van der Waals surface area (Å²) in [6.45, 7) is 8.68. The highest BCUT2D eigenvalue weighted by molar-refractivity contribution is 7.10. The first kappa shape index (κ1) is 26.8. The molecule has 2 aromatic heterocycles. The fourth-order valence-corrected chi connectivity index (χ4v) is 4.33. The second-order valence-corrected chi connectivity index (χ2v) is 9.29. The van der Waals surface area contributed by atoms with E-state index < -0.39 is 6.43 Å². The van der Waals surface area contributed by atoms with Crippen molar-refractivity contribution in [1.29, 1.82) is 5.26 Å². The lowest BCUT2D eigenvalue weighted by Crippen LogP contribution is -2.44. The van der Waals surface area contributed by atoms with E-state index in [0.29, 0.717) is 22.6 Å². The van der Waals surface area contributed by atoms with Gasteiger partial charge in [-0.05, 0) is 55.4 Å². The molecular weight excluding hydrogens is 482 g/mol. The van der Waals surface area contributed by atoms with Crippen LogP contribution in [-0.2, 0) is 6.42 Å². The number of nitriles is 1. The molecule has 1 aliphatic heterocycles. The highest BCUT2D eigenvalue weighted by Gasteiger charge is 2.18. The van der Waals surface area contributed by atoms with Crippen molar-refractivity contribution in [2.45, 2.75) is 19.8 Å². The van der Waals surface area contributed by atoms with Gasteiger partial charge in [0.05, 0.1) is 11.9 Å². The number of aromatic nitrogens is 2. The van der Waals surface area contributed by atoms with Crippen molar-refractivity contribution in [2.75, 3.05) is 48.8 Å². The minimum Gasteiger partial charge on any atom is -0.405 e. The third-order valence-corrected chi connectivity index (χ3v) is 6.44. The van der Waals surface area contributed by atoms with Crippen molar-refractivity contribution in [2.24, 2.45) is 5.73 Å². The minimum absolute atomic E-state index is 0.229. The van der Waals surface area contributed by atoms with Crippen molar-refractivity contribution < 1.29 is 8.78 Å². The minimum atomic E-state index is -2.48. The van der Waals surface area contributed by atoms with Gasteiger partial charge >= 0.3 is 0 Å². The van der Waals surface area contributed by atoms with Crippen LogP contribution < -0.4 is 21.3 Å². The molecule has 0 amide bonds. The smallest absolute Gasteiger partial charge is 0.242 e. The summed E-state index contributed by atoms with van der Waals surface area (Å²) in [5.41, 5.74) is 7.72. The van der Waals surface area contributed by atoms with E-state index in [1.807, 2.05) is 30.5 Å². The van der Waals surface area contributed by atoms with Gasteiger partial charge in [0.1, 0.15) is 11.6 Å². The summed E-state index contributed by atoms with van der Waals surface area (Å²) >= 11 is 1.58. The Morgan fingerprint density at radius 2 is 1.94 bits per heavy atom. The third kappa shape index (κ3) is 7.13. The first-order valence-electron chi connectivity index (χ1n) is 11.4. The maximum atomic E-state index is 13.4. The quantitative estimate of drug-likeness (QED) is 0.412. The lowest BCUT2D eigenvalue weighted by Gasteiger charge is -2.34. The number of rotatable bonds is 7. The standard InChI is InChI=1S/C23H25F2N7S.C2H5N/c1-15-19(5-10-33-15)28-22-17(13-26)14-27-23(30-22)29-20-4-3-18(11-16(20)12-21(24)25)32-8-6-31(2)7-9-32;1-2-3/h3-5,10-11,14,21H,6-9,12H2,1-2H3,(H2,27,28,29,30);2H,1,3H2. The number of nitrogens with one attached hydrogen (secondary N) is 2. The number of aryl methyl sites for hydroxylation is 1. The van der Waals surface area contributed by atoms with Gasteiger partial charge in [-0.1, -0.05) is 6.58 Å². The number of alkyl halides is 2. The van der Waals surface area contributed by atoms with Crippen molar-refractivity contribution in [3.05, 3.63) is 64.6 Å². The van der Waals surface area contributed by atoms with Crippen molar-refractivity contribution in [3.63, 3.8) is 0 Å². The summed E-state index contributed by atoms with van der Waals surface area (Å²) in [5, 5.41) is 17.6. The topological polar surface area (TPSA) is 106 Å². The zero-order valence-electron chi connectivity index (χ0n) is 20.3. The average molecular weight is 513 g/mol. The number of nitrogens with zero attached hydrogens (tertiary/aromatic N) is 5. The summed E-state index contributed by atoms with van der Waals surface area (Å²) in [4.78, 5) is 14.2. The molecule has 1 aliphatic rings. The lowest BCUT2D eigenvalue weighted by atomic mass is 10.1. The van der Waals surface area contributed by atoms with E-state index in [4.69, 9.17) is 0 Å². The molecule has 0 bridgehead atoms. The fourth-order valence-electron chi connectivity index (χ4n) is 3.68. The molecule has 1 saturated heterocycles. The summed E-state index contributed by atoms with van der Waals surface area (Å²) < 4.78 is 26.7. The van der Waals surface area contributed by atoms with Gasteiger partial charge in [0, 0.05) is 48.9 Å². The van der Waals surface area contributed by atoms with Crippen LogP contribution in [0.25, 0.3) is 0 Å². The summed E-state index contributed by atoms with van der Waals surface area (Å²) in [6.07, 6.45) is -0.182. The number of halogens is 2. The molecule has 4 rings (SSSR count). The van der Waals surface area contributed by atoms with E-state index in [1.165, 1.54) is 12.4 Å². The van der Waals surface area contributed by atoms with Crippen molar-refractivity contribution >= 4 is 40.2 Å². The Hall–Kier alpha value is -3.75. The Kier molecular flexibility index (Phi) is 9.55. The Morgan fingerprint density at radius 3 is 2.56 bits per heavy atom. The van der Waals surface area contributed by atoms with Crippen LogP contribution in [0, 0.1) is 18.3 Å². The number of anilines is 5. The molecule has 11 heteroatoms. The van der Waals surface area contributed by atoms with Crippen LogP contribution in [-0.4, -0.2) is 54.5 Å². The molecule has 190 valence electrons. The molecule has 0 spiro atoms. The Labute approximate surface area is 214 Å². The van der Waals surface area contributed by atoms with E-state index in [-0.39, 0.29) is 12.4 Å². The average Bonchev–Trinajstić information content (AvgIpc) is 3.25. The Balaban J connectivity index is 0.00000115. The molecule has 0 aliphatic carbocycles. The van der Waals surface area contributed by atoms with Gasteiger partial charge in [-0.3, -0.25) is 0 Å². The van der Waals surface area contributed by atoms with Crippen LogP contribution in [0.4, 0.5) is 37.6 Å². The number of likely N-dealkylation sites (N-methyl/N-ethyl adjacent to an activating group) is 1. The number of piperazine rings is 1. The van der Waals surface area contributed by atoms with Crippen LogP contribution in [0.5, 0.6) is 0 Å². The number of hydrogen-bond donors (Lipinski definition) is 3. The van der Waals surface area contributed by atoms with Crippen LogP contribution >= 0.6 is 11.3 Å². The van der Waals surface area contributed by atoms with Gasteiger partial charge in [-0.15, -0.1) is 11.3 Å². The number of hydrogen-bond acceptors (Lipinski definition) is 9.